The van der Waals surface area contributed by atoms with Crippen LogP contribution in [0.2, 0.25) is 0 Å². The second kappa shape index (κ2) is 8.29. The first-order valence-electron chi connectivity index (χ1n) is 6.43. The van der Waals surface area contributed by atoms with Gasteiger partial charge in [-0.3, -0.25) is 0 Å². The maximum atomic E-state index is 5.44. The van der Waals surface area contributed by atoms with Crippen LogP contribution in [0.25, 0.3) is 0 Å². The van der Waals surface area contributed by atoms with E-state index in [1.54, 1.807) is 0 Å². The van der Waals surface area contributed by atoms with E-state index in [0.29, 0.717) is 12.5 Å². The van der Waals surface area contributed by atoms with Gasteiger partial charge in [0.1, 0.15) is 11.6 Å². The summed E-state index contributed by atoms with van der Waals surface area (Å²) in [4.78, 5) is 10.8. The van der Waals surface area contributed by atoms with E-state index in [2.05, 4.69) is 37.8 Å². The number of nitrogens with zero attached hydrogens (tertiary/aromatic N) is 3. The van der Waals surface area contributed by atoms with Crippen LogP contribution in [0.3, 0.4) is 0 Å². The van der Waals surface area contributed by atoms with Gasteiger partial charge in [-0.25, -0.2) is 4.98 Å². The van der Waals surface area contributed by atoms with E-state index in [4.69, 9.17) is 4.74 Å². The van der Waals surface area contributed by atoms with Crippen LogP contribution in [-0.2, 0) is 0 Å². The Balaban J connectivity index is 2.58. The Labute approximate surface area is 118 Å². The van der Waals surface area contributed by atoms with E-state index < -0.39 is 0 Å². The van der Waals surface area contributed by atoms with Crippen LogP contribution in [0, 0.1) is 6.92 Å². The zero-order valence-corrected chi connectivity index (χ0v) is 13.0. The van der Waals surface area contributed by atoms with Gasteiger partial charge in [-0.1, -0.05) is 22.4 Å². The zero-order valence-electron chi connectivity index (χ0n) is 11.4. The summed E-state index contributed by atoms with van der Waals surface area (Å²) in [6, 6.07) is 1.90. The number of rotatable bonds is 8. The van der Waals surface area contributed by atoms with Gasteiger partial charge in [-0.15, -0.1) is 0 Å². The molecule has 0 amide bonds. The van der Waals surface area contributed by atoms with Gasteiger partial charge in [-0.05, 0) is 26.7 Å². The molecule has 0 aromatic carbocycles. The Morgan fingerprint density at radius 3 is 2.72 bits per heavy atom. The smallest absolute Gasteiger partial charge is 0.218 e. The number of aryl methyl sites for hydroxylation is 1. The van der Waals surface area contributed by atoms with Crippen LogP contribution in [0.15, 0.2) is 6.07 Å². The predicted octanol–water partition coefficient (Wildman–Crippen LogP) is 3.19. The molecule has 18 heavy (non-hydrogen) atoms. The highest BCUT2D eigenvalue weighted by Crippen LogP contribution is 2.17. The standard InChI is InChI=1S/C13H22BrN3O/c1-4-18-13-10-12(15-11(2)16-13)17(3)9-7-5-6-8-14/h10H,4-9H2,1-3H3. The number of alkyl halides is 1. The Morgan fingerprint density at radius 2 is 2.06 bits per heavy atom. The minimum absolute atomic E-state index is 0.630. The zero-order chi connectivity index (χ0) is 13.4. The molecule has 0 aliphatic heterocycles. The molecule has 0 unspecified atom stereocenters. The summed E-state index contributed by atoms with van der Waals surface area (Å²) in [5.74, 6) is 2.35. The van der Waals surface area contributed by atoms with Crippen molar-refractivity contribution in [2.45, 2.75) is 33.1 Å². The molecule has 0 aliphatic carbocycles. The van der Waals surface area contributed by atoms with E-state index in [0.717, 1.165) is 23.5 Å². The Kier molecular flexibility index (Phi) is 7.01. The molecule has 0 bridgehead atoms. The lowest BCUT2D eigenvalue weighted by Gasteiger charge is -2.18. The molecule has 0 saturated heterocycles. The maximum Gasteiger partial charge on any atom is 0.218 e. The van der Waals surface area contributed by atoms with Crippen LogP contribution in [0.1, 0.15) is 32.0 Å². The molecular formula is C13H22BrN3O. The number of halogens is 1. The minimum atomic E-state index is 0.630. The fraction of sp³-hybridized carbons (Fsp3) is 0.692. The van der Waals surface area contributed by atoms with E-state index >= 15 is 0 Å². The van der Waals surface area contributed by atoms with Gasteiger partial charge in [0, 0.05) is 25.0 Å². The van der Waals surface area contributed by atoms with E-state index in [-0.39, 0.29) is 0 Å². The third kappa shape index (κ3) is 5.21. The van der Waals surface area contributed by atoms with E-state index in [1.807, 2.05) is 19.9 Å². The molecule has 0 N–H and O–H groups in total. The van der Waals surface area contributed by atoms with Crippen molar-refractivity contribution in [2.75, 3.05) is 30.4 Å². The topological polar surface area (TPSA) is 38.2 Å². The molecule has 4 nitrogen and oxygen atoms in total. The van der Waals surface area contributed by atoms with Crippen LogP contribution in [-0.4, -0.2) is 35.5 Å². The van der Waals surface area contributed by atoms with Crippen LogP contribution in [0.5, 0.6) is 5.88 Å². The summed E-state index contributed by atoms with van der Waals surface area (Å²) in [5.41, 5.74) is 0. The Bertz CT molecular complexity index is 360. The highest BCUT2D eigenvalue weighted by atomic mass is 79.9. The SMILES string of the molecule is CCOc1cc(N(C)CCCCCBr)nc(C)n1. The van der Waals surface area contributed by atoms with Crippen molar-refractivity contribution in [3.63, 3.8) is 0 Å². The lowest BCUT2D eigenvalue weighted by atomic mass is 10.2. The molecule has 5 heteroatoms. The molecule has 1 rings (SSSR count). The number of ether oxygens (including phenoxy) is 1. The predicted molar refractivity (Wildman–Crippen MR) is 78.9 cm³/mol. The van der Waals surface area contributed by atoms with Crippen molar-refractivity contribution in [3.8, 4) is 5.88 Å². The van der Waals surface area contributed by atoms with Gasteiger partial charge >= 0.3 is 0 Å². The minimum Gasteiger partial charge on any atom is -0.478 e. The molecular weight excluding hydrogens is 294 g/mol. The molecule has 0 radical (unpaired) electrons. The number of anilines is 1. The number of hydrogen-bond donors (Lipinski definition) is 0. The summed E-state index contributed by atoms with van der Waals surface area (Å²) >= 11 is 3.45. The Morgan fingerprint density at radius 1 is 1.28 bits per heavy atom. The normalized spacial score (nSPS) is 10.4. The lowest BCUT2D eigenvalue weighted by Crippen LogP contribution is -2.20. The van der Waals surface area contributed by atoms with Crippen molar-refractivity contribution in [2.24, 2.45) is 0 Å². The summed E-state index contributed by atoms with van der Waals surface area (Å²) < 4.78 is 5.44. The van der Waals surface area contributed by atoms with Crippen molar-refractivity contribution in [1.29, 1.82) is 0 Å². The van der Waals surface area contributed by atoms with Crippen molar-refractivity contribution in [3.05, 3.63) is 11.9 Å². The summed E-state index contributed by atoms with van der Waals surface area (Å²) in [7, 11) is 2.06. The summed E-state index contributed by atoms with van der Waals surface area (Å²) in [5, 5.41) is 1.08. The molecule has 0 saturated carbocycles. The van der Waals surface area contributed by atoms with Crippen molar-refractivity contribution in [1.82, 2.24) is 9.97 Å². The molecule has 1 aromatic heterocycles. The monoisotopic (exact) mass is 315 g/mol. The first-order valence-corrected chi connectivity index (χ1v) is 7.55. The summed E-state index contributed by atoms with van der Waals surface area (Å²) in [6.07, 6.45) is 3.63. The second-order valence-electron chi connectivity index (χ2n) is 4.22. The summed E-state index contributed by atoms with van der Waals surface area (Å²) in [6.45, 7) is 5.49. The largest absolute Gasteiger partial charge is 0.478 e. The molecule has 0 spiro atoms. The van der Waals surface area contributed by atoms with Crippen LogP contribution < -0.4 is 9.64 Å². The fourth-order valence-electron chi connectivity index (χ4n) is 1.68. The third-order valence-electron chi connectivity index (χ3n) is 2.61. The highest BCUT2D eigenvalue weighted by molar-refractivity contribution is 9.09. The van der Waals surface area contributed by atoms with Gasteiger partial charge in [0.2, 0.25) is 5.88 Å². The lowest BCUT2D eigenvalue weighted by molar-refractivity contribution is 0.325. The van der Waals surface area contributed by atoms with Crippen molar-refractivity contribution >= 4 is 21.7 Å². The fourth-order valence-corrected chi connectivity index (χ4v) is 2.07. The quantitative estimate of drug-likeness (QED) is 0.545. The van der Waals surface area contributed by atoms with E-state index in [9.17, 15) is 0 Å². The molecule has 102 valence electrons. The molecule has 0 fully saturated rings. The first-order chi connectivity index (χ1) is 8.67. The number of aromatic nitrogens is 2. The van der Waals surface area contributed by atoms with Crippen LogP contribution in [0.4, 0.5) is 5.82 Å². The molecule has 0 aliphatic rings. The number of unbranched alkanes of at least 4 members (excludes halogenated alkanes) is 2. The molecule has 0 atom stereocenters. The van der Waals surface area contributed by atoms with Crippen molar-refractivity contribution < 1.29 is 4.74 Å². The maximum absolute atomic E-state index is 5.44. The van der Waals surface area contributed by atoms with Crippen LogP contribution >= 0.6 is 15.9 Å². The van der Waals surface area contributed by atoms with Gasteiger partial charge in [0.25, 0.3) is 0 Å². The average molecular weight is 316 g/mol. The first kappa shape index (κ1) is 15.2. The van der Waals surface area contributed by atoms with E-state index in [1.165, 1.54) is 19.3 Å². The molecule has 1 heterocycles. The highest BCUT2D eigenvalue weighted by Gasteiger charge is 2.06. The third-order valence-corrected chi connectivity index (χ3v) is 3.17. The van der Waals surface area contributed by atoms with Gasteiger partial charge in [-0.2, -0.15) is 4.98 Å². The number of hydrogen-bond acceptors (Lipinski definition) is 4. The van der Waals surface area contributed by atoms with Gasteiger partial charge in [0.15, 0.2) is 0 Å². The Hall–Kier alpha value is -0.840. The second-order valence-corrected chi connectivity index (χ2v) is 5.01. The average Bonchev–Trinajstić information content (AvgIpc) is 2.34. The molecule has 1 aromatic rings. The van der Waals surface area contributed by atoms with Gasteiger partial charge < -0.3 is 9.64 Å². The van der Waals surface area contributed by atoms with Gasteiger partial charge in [0.05, 0.1) is 6.61 Å².